The van der Waals surface area contributed by atoms with Gasteiger partial charge in [0.1, 0.15) is 0 Å². The van der Waals surface area contributed by atoms with E-state index in [1.54, 1.807) is 7.11 Å². The molecule has 0 saturated heterocycles. The number of ether oxygens (including phenoxy) is 1. The fourth-order valence-corrected chi connectivity index (χ4v) is 2.12. The molecule has 0 amide bonds. The van der Waals surface area contributed by atoms with E-state index in [0.29, 0.717) is 6.04 Å². The van der Waals surface area contributed by atoms with E-state index in [1.807, 2.05) is 7.05 Å². The second-order valence-corrected chi connectivity index (χ2v) is 5.90. The molecule has 0 spiro atoms. The molecule has 96 valence electrons. The van der Waals surface area contributed by atoms with Gasteiger partial charge < -0.3 is 10.1 Å². The summed E-state index contributed by atoms with van der Waals surface area (Å²) in [6, 6.07) is 8.93. The molecule has 0 aliphatic heterocycles. The van der Waals surface area contributed by atoms with E-state index < -0.39 is 0 Å². The summed E-state index contributed by atoms with van der Waals surface area (Å²) in [5.41, 5.74) is 1.27. The van der Waals surface area contributed by atoms with Crippen molar-refractivity contribution in [2.24, 2.45) is 0 Å². The highest BCUT2D eigenvalue weighted by molar-refractivity contribution is 9.10. The van der Waals surface area contributed by atoms with Gasteiger partial charge in [0.15, 0.2) is 0 Å². The van der Waals surface area contributed by atoms with Gasteiger partial charge in [-0.25, -0.2) is 0 Å². The second-order valence-electron chi connectivity index (χ2n) is 4.98. The highest BCUT2D eigenvalue weighted by atomic mass is 79.9. The zero-order valence-electron chi connectivity index (χ0n) is 11.1. The van der Waals surface area contributed by atoms with E-state index >= 15 is 0 Å². The van der Waals surface area contributed by atoms with Crippen LogP contribution in [0.3, 0.4) is 0 Å². The summed E-state index contributed by atoms with van der Waals surface area (Å²) >= 11 is 3.45. The first-order valence-corrected chi connectivity index (χ1v) is 6.73. The molecule has 2 nitrogen and oxygen atoms in total. The number of likely N-dealkylation sites (N-methyl/N-ethyl adjacent to an activating group) is 1. The van der Waals surface area contributed by atoms with Crippen molar-refractivity contribution in [1.82, 2.24) is 5.32 Å². The lowest BCUT2D eigenvalue weighted by molar-refractivity contribution is 0.00773. The number of halogens is 1. The van der Waals surface area contributed by atoms with Crippen LogP contribution in [0.15, 0.2) is 28.7 Å². The first-order chi connectivity index (χ1) is 7.96. The van der Waals surface area contributed by atoms with Crippen LogP contribution >= 0.6 is 15.9 Å². The summed E-state index contributed by atoms with van der Waals surface area (Å²) < 4.78 is 6.60. The Kier molecular flexibility index (Phi) is 5.63. The molecule has 0 aliphatic rings. The van der Waals surface area contributed by atoms with Crippen LogP contribution in [-0.2, 0) is 11.2 Å². The first-order valence-electron chi connectivity index (χ1n) is 5.94. The van der Waals surface area contributed by atoms with Gasteiger partial charge in [-0.05, 0) is 51.4 Å². The van der Waals surface area contributed by atoms with Crippen LogP contribution in [-0.4, -0.2) is 25.8 Å². The number of methoxy groups -OCH3 is 1. The largest absolute Gasteiger partial charge is 0.379 e. The molecule has 3 heteroatoms. The van der Waals surface area contributed by atoms with Crippen LogP contribution in [0.4, 0.5) is 0 Å². The summed E-state index contributed by atoms with van der Waals surface area (Å²) in [6.07, 6.45) is 2.02. The number of benzene rings is 1. The highest BCUT2D eigenvalue weighted by Crippen LogP contribution is 2.19. The lowest BCUT2D eigenvalue weighted by atomic mass is 9.94. The van der Waals surface area contributed by atoms with E-state index in [0.717, 1.165) is 17.3 Å². The lowest BCUT2D eigenvalue weighted by Crippen LogP contribution is -2.37. The minimum Gasteiger partial charge on any atom is -0.379 e. The van der Waals surface area contributed by atoms with Gasteiger partial charge in [0, 0.05) is 17.6 Å². The van der Waals surface area contributed by atoms with E-state index in [1.165, 1.54) is 5.56 Å². The van der Waals surface area contributed by atoms with Gasteiger partial charge >= 0.3 is 0 Å². The van der Waals surface area contributed by atoms with Crippen LogP contribution in [0.5, 0.6) is 0 Å². The minimum atomic E-state index is -0.0803. The van der Waals surface area contributed by atoms with Crippen molar-refractivity contribution < 1.29 is 4.74 Å². The average molecular weight is 300 g/mol. The van der Waals surface area contributed by atoms with Crippen molar-refractivity contribution in [3.63, 3.8) is 0 Å². The molecule has 1 atom stereocenters. The predicted octanol–water partition coefficient (Wildman–Crippen LogP) is 3.39. The Balaban J connectivity index is 2.61. The van der Waals surface area contributed by atoms with Crippen molar-refractivity contribution in [1.29, 1.82) is 0 Å². The smallest absolute Gasteiger partial charge is 0.0637 e. The minimum absolute atomic E-state index is 0.0803. The van der Waals surface area contributed by atoms with Crippen LogP contribution < -0.4 is 5.32 Å². The molecule has 0 bridgehead atoms. The molecule has 0 aliphatic carbocycles. The second kappa shape index (κ2) is 6.53. The fraction of sp³-hybridized carbons (Fsp3) is 0.571. The standard InChI is InChI=1S/C14H22BrNO/c1-14(2,17-4)10-13(16-3)9-11-5-7-12(15)8-6-11/h5-8,13,16H,9-10H2,1-4H3. The number of hydrogen-bond donors (Lipinski definition) is 1. The monoisotopic (exact) mass is 299 g/mol. The molecule has 0 radical (unpaired) electrons. The summed E-state index contributed by atoms with van der Waals surface area (Å²) in [5, 5.41) is 3.36. The van der Waals surface area contributed by atoms with Gasteiger partial charge in [0.2, 0.25) is 0 Å². The van der Waals surface area contributed by atoms with Gasteiger partial charge in [-0.2, -0.15) is 0 Å². The average Bonchev–Trinajstić information content (AvgIpc) is 2.31. The summed E-state index contributed by atoms with van der Waals surface area (Å²) in [4.78, 5) is 0. The van der Waals surface area contributed by atoms with E-state index in [9.17, 15) is 0 Å². The molecule has 17 heavy (non-hydrogen) atoms. The van der Waals surface area contributed by atoms with Crippen LogP contribution in [0.2, 0.25) is 0 Å². The Morgan fingerprint density at radius 2 is 1.88 bits per heavy atom. The number of nitrogens with one attached hydrogen (secondary N) is 1. The molecule has 0 saturated carbocycles. The Morgan fingerprint density at radius 1 is 1.29 bits per heavy atom. The SMILES string of the molecule is CNC(Cc1ccc(Br)cc1)CC(C)(C)OC. The maximum Gasteiger partial charge on any atom is 0.0637 e. The van der Waals surface area contributed by atoms with Gasteiger partial charge in [0.25, 0.3) is 0 Å². The van der Waals surface area contributed by atoms with E-state index in [4.69, 9.17) is 4.74 Å². The van der Waals surface area contributed by atoms with Gasteiger partial charge in [-0.3, -0.25) is 0 Å². The number of hydrogen-bond acceptors (Lipinski definition) is 2. The predicted molar refractivity (Wildman–Crippen MR) is 76.4 cm³/mol. The molecule has 0 fully saturated rings. The third-order valence-corrected chi connectivity index (χ3v) is 3.62. The maximum atomic E-state index is 5.48. The molecule has 0 aromatic heterocycles. The van der Waals surface area contributed by atoms with Crippen LogP contribution in [0, 0.1) is 0 Å². The summed E-state index contributed by atoms with van der Waals surface area (Å²) in [6.45, 7) is 4.25. The molecule has 1 rings (SSSR count). The third kappa shape index (κ3) is 5.19. The van der Waals surface area contributed by atoms with E-state index in [2.05, 4.69) is 59.4 Å². The Hall–Kier alpha value is -0.380. The van der Waals surface area contributed by atoms with Gasteiger partial charge in [-0.15, -0.1) is 0 Å². The Bertz CT molecular complexity index is 335. The van der Waals surface area contributed by atoms with E-state index in [-0.39, 0.29) is 5.60 Å². The molecule has 1 aromatic carbocycles. The van der Waals surface area contributed by atoms with Crippen molar-refractivity contribution in [3.05, 3.63) is 34.3 Å². The molecular weight excluding hydrogens is 278 g/mol. The van der Waals surface area contributed by atoms with Crippen molar-refractivity contribution >= 4 is 15.9 Å². The molecule has 1 aromatic rings. The Labute approximate surface area is 113 Å². The zero-order valence-corrected chi connectivity index (χ0v) is 12.7. The van der Waals surface area contributed by atoms with Gasteiger partial charge in [-0.1, -0.05) is 28.1 Å². The van der Waals surface area contributed by atoms with Crippen LogP contribution in [0.25, 0.3) is 0 Å². The van der Waals surface area contributed by atoms with Crippen molar-refractivity contribution in [2.45, 2.75) is 38.3 Å². The number of rotatable bonds is 6. The molecular formula is C14H22BrNO. The highest BCUT2D eigenvalue weighted by Gasteiger charge is 2.21. The lowest BCUT2D eigenvalue weighted by Gasteiger charge is -2.28. The summed E-state index contributed by atoms with van der Waals surface area (Å²) in [5.74, 6) is 0. The molecule has 0 heterocycles. The molecule has 1 N–H and O–H groups in total. The normalized spacial score (nSPS) is 13.7. The maximum absolute atomic E-state index is 5.48. The Morgan fingerprint density at radius 3 is 2.35 bits per heavy atom. The quantitative estimate of drug-likeness (QED) is 0.869. The topological polar surface area (TPSA) is 21.3 Å². The molecule has 1 unspecified atom stereocenters. The fourth-order valence-electron chi connectivity index (χ4n) is 1.86. The van der Waals surface area contributed by atoms with Crippen LogP contribution in [0.1, 0.15) is 25.8 Å². The third-order valence-electron chi connectivity index (χ3n) is 3.09. The first kappa shape index (κ1) is 14.7. The van der Waals surface area contributed by atoms with Crippen molar-refractivity contribution in [2.75, 3.05) is 14.2 Å². The van der Waals surface area contributed by atoms with Gasteiger partial charge in [0.05, 0.1) is 5.60 Å². The zero-order chi connectivity index (χ0) is 12.9. The summed E-state index contributed by atoms with van der Waals surface area (Å²) in [7, 11) is 3.78. The van der Waals surface area contributed by atoms with Crippen molar-refractivity contribution in [3.8, 4) is 0 Å².